The minimum atomic E-state index is 0.306. The number of ether oxygens (including phenoxy) is 1. The maximum absolute atomic E-state index is 5.89. The van der Waals surface area contributed by atoms with E-state index in [0.717, 1.165) is 37.6 Å². The van der Waals surface area contributed by atoms with Crippen molar-refractivity contribution in [1.82, 2.24) is 9.97 Å². The highest BCUT2D eigenvalue weighted by Crippen LogP contribution is 2.25. The van der Waals surface area contributed by atoms with Gasteiger partial charge < -0.3 is 15.8 Å². The Hall–Kier alpha value is -1.36. The van der Waals surface area contributed by atoms with Crippen molar-refractivity contribution in [1.29, 1.82) is 0 Å². The Labute approximate surface area is 116 Å². The third kappa shape index (κ3) is 5.42. The van der Waals surface area contributed by atoms with Crippen LogP contribution in [0.4, 0.5) is 11.6 Å². The summed E-state index contributed by atoms with van der Waals surface area (Å²) in [6.45, 7) is 10.9. The second-order valence-corrected chi connectivity index (χ2v) is 5.42. The number of hydrogen-bond donors (Lipinski definition) is 2. The molecule has 19 heavy (non-hydrogen) atoms. The summed E-state index contributed by atoms with van der Waals surface area (Å²) in [5.41, 5.74) is 6.88. The molecule has 0 radical (unpaired) electrons. The van der Waals surface area contributed by atoms with Gasteiger partial charge in [-0.2, -0.15) is 0 Å². The molecule has 0 saturated carbocycles. The van der Waals surface area contributed by atoms with Gasteiger partial charge in [-0.25, -0.2) is 9.97 Å². The van der Waals surface area contributed by atoms with Crippen molar-refractivity contribution in [2.24, 2.45) is 5.92 Å². The highest BCUT2D eigenvalue weighted by Gasteiger charge is 2.12. The fourth-order valence-corrected chi connectivity index (χ4v) is 1.82. The highest BCUT2D eigenvalue weighted by molar-refractivity contribution is 5.56. The van der Waals surface area contributed by atoms with E-state index in [1.807, 2.05) is 0 Å². The predicted molar refractivity (Wildman–Crippen MR) is 79.3 cm³/mol. The largest absolute Gasteiger partial charge is 0.383 e. The zero-order valence-corrected chi connectivity index (χ0v) is 12.4. The van der Waals surface area contributed by atoms with Crippen LogP contribution in [0.25, 0.3) is 0 Å². The summed E-state index contributed by atoms with van der Waals surface area (Å²) in [5.74, 6) is 2.29. The lowest BCUT2D eigenvalue weighted by Gasteiger charge is -2.15. The van der Waals surface area contributed by atoms with Crippen LogP contribution in [0.15, 0.2) is 6.33 Å². The van der Waals surface area contributed by atoms with Crippen LogP contribution < -0.4 is 11.1 Å². The number of nitrogens with two attached hydrogens (primary N) is 1. The minimum absolute atomic E-state index is 0.306. The molecule has 5 heteroatoms. The van der Waals surface area contributed by atoms with E-state index in [9.17, 15) is 0 Å². The molecular formula is C14H26N4O. The molecule has 1 heterocycles. The van der Waals surface area contributed by atoms with Gasteiger partial charge in [0.2, 0.25) is 0 Å². The summed E-state index contributed by atoms with van der Waals surface area (Å²) in [4.78, 5) is 8.30. The quantitative estimate of drug-likeness (QED) is 0.708. The Morgan fingerprint density at radius 3 is 2.63 bits per heavy atom. The maximum Gasteiger partial charge on any atom is 0.134 e. The Bertz CT molecular complexity index is 380. The Balaban J connectivity index is 2.39. The highest BCUT2D eigenvalue weighted by atomic mass is 16.5. The van der Waals surface area contributed by atoms with Crippen LogP contribution in [0.2, 0.25) is 0 Å². The first kappa shape index (κ1) is 15.7. The molecule has 0 aliphatic carbocycles. The van der Waals surface area contributed by atoms with Gasteiger partial charge in [-0.3, -0.25) is 0 Å². The average molecular weight is 266 g/mol. The molecule has 0 aliphatic heterocycles. The van der Waals surface area contributed by atoms with Crippen LogP contribution >= 0.6 is 0 Å². The molecule has 0 saturated heterocycles. The number of rotatable bonds is 8. The van der Waals surface area contributed by atoms with E-state index in [1.165, 1.54) is 6.33 Å². The number of anilines is 2. The predicted octanol–water partition coefficient (Wildman–Crippen LogP) is 2.66. The molecule has 3 N–H and O–H groups in total. The van der Waals surface area contributed by atoms with Gasteiger partial charge in [-0.1, -0.05) is 27.7 Å². The molecule has 1 rings (SSSR count). The van der Waals surface area contributed by atoms with Crippen molar-refractivity contribution in [2.75, 3.05) is 30.8 Å². The van der Waals surface area contributed by atoms with Crippen molar-refractivity contribution in [3.8, 4) is 0 Å². The van der Waals surface area contributed by atoms with E-state index in [4.69, 9.17) is 10.5 Å². The first-order valence-electron chi connectivity index (χ1n) is 6.94. The van der Waals surface area contributed by atoms with Gasteiger partial charge in [-0.15, -0.1) is 0 Å². The lowest BCUT2D eigenvalue weighted by atomic mass is 10.0. The van der Waals surface area contributed by atoms with Crippen molar-refractivity contribution in [2.45, 2.75) is 40.0 Å². The molecule has 0 aromatic carbocycles. The van der Waals surface area contributed by atoms with Gasteiger partial charge in [0.15, 0.2) is 0 Å². The Morgan fingerprint density at radius 2 is 2.00 bits per heavy atom. The zero-order chi connectivity index (χ0) is 14.3. The minimum Gasteiger partial charge on any atom is -0.383 e. The molecule has 0 fully saturated rings. The third-order valence-corrected chi connectivity index (χ3v) is 2.70. The van der Waals surface area contributed by atoms with E-state index in [1.54, 1.807) is 0 Å². The summed E-state index contributed by atoms with van der Waals surface area (Å²) in [7, 11) is 0. The third-order valence-electron chi connectivity index (χ3n) is 2.70. The lowest BCUT2D eigenvalue weighted by Crippen LogP contribution is -2.12. The van der Waals surface area contributed by atoms with Gasteiger partial charge in [-0.05, 0) is 18.3 Å². The van der Waals surface area contributed by atoms with Crippen molar-refractivity contribution >= 4 is 11.6 Å². The number of hydrogen-bond acceptors (Lipinski definition) is 5. The molecule has 5 nitrogen and oxygen atoms in total. The van der Waals surface area contributed by atoms with Gasteiger partial charge in [0.1, 0.15) is 18.0 Å². The molecule has 0 aliphatic rings. The SMILES string of the molecule is CC(C)COCCCNc1ncnc(N)c1C(C)C. The van der Waals surface area contributed by atoms with Crippen LogP contribution in [-0.2, 0) is 4.74 Å². The smallest absolute Gasteiger partial charge is 0.134 e. The van der Waals surface area contributed by atoms with Crippen LogP contribution in [0.3, 0.4) is 0 Å². The molecule has 0 atom stereocenters. The molecule has 1 aromatic rings. The first-order chi connectivity index (χ1) is 9.02. The van der Waals surface area contributed by atoms with Gasteiger partial charge in [0, 0.05) is 25.3 Å². The van der Waals surface area contributed by atoms with Gasteiger partial charge in [0.25, 0.3) is 0 Å². The van der Waals surface area contributed by atoms with Crippen LogP contribution in [-0.4, -0.2) is 29.7 Å². The van der Waals surface area contributed by atoms with Crippen molar-refractivity contribution < 1.29 is 4.74 Å². The molecule has 0 amide bonds. The average Bonchev–Trinajstić information content (AvgIpc) is 2.32. The van der Waals surface area contributed by atoms with E-state index in [0.29, 0.717) is 17.7 Å². The van der Waals surface area contributed by atoms with E-state index >= 15 is 0 Å². The Kier molecular flexibility index (Phi) is 6.56. The summed E-state index contributed by atoms with van der Waals surface area (Å²) < 4.78 is 5.54. The van der Waals surface area contributed by atoms with Gasteiger partial charge in [0.05, 0.1) is 0 Å². The number of nitrogens with one attached hydrogen (secondary N) is 1. The molecule has 0 unspecified atom stereocenters. The lowest BCUT2D eigenvalue weighted by molar-refractivity contribution is 0.110. The van der Waals surface area contributed by atoms with Crippen LogP contribution in [0, 0.1) is 5.92 Å². The standard InChI is InChI=1S/C14H26N4O/c1-10(2)8-19-7-5-6-16-14-12(11(3)4)13(15)17-9-18-14/h9-11H,5-8H2,1-4H3,(H3,15,16,17,18). The topological polar surface area (TPSA) is 73.1 Å². The van der Waals surface area contributed by atoms with Gasteiger partial charge >= 0.3 is 0 Å². The number of aromatic nitrogens is 2. The number of nitrogens with zero attached hydrogens (tertiary/aromatic N) is 2. The fraction of sp³-hybridized carbons (Fsp3) is 0.714. The first-order valence-corrected chi connectivity index (χ1v) is 6.94. The van der Waals surface area contributed by atoms with E-state index < -0.39 is 0 Å². The molecule has 108 valence electrons. The molecule has 0 spiro atoms. The van der Waals surface area contributed by atoms with Crippen molar-refractivity contribution in [3.05, 3.63) is 11.9 Å². The van der Waals surface area contributed by atoms with Crippen LogP contribution in [0.5, 0.6) is 0 Å². The monoisotopic (exact) mass is 266 g/mol. The zero-order valence-electron chi connectivity index (χ0n) is 12.4. The second-order valence-electron chi connectivity index (χ2n) is 5.42. The summed E-state index contributed by atoms with van der Waals surface area (Å²) in [5, 5.41) is 3.31. The molecule has 1 aromatic heterocycles. The molecule has 0 bridgehead atoms. The summed E-state index contributed by atoms with van der Waals surface area (Å²) >= 11 is 0. The number of nitrogen functional groups attached to an aromatic ring is 1. The fourth-order valence-electron chi connectivity index (χ4n) is 1.82. The van der Waals surface area contributed by atoms with Crippen molar-refractivity contribution in [3.63, 3.8) is 0 Å². The summed E-state index contributed by atoms with van der Waals surface area (Å²) in [6.07, 6.45) is 2.45. The van der Waals surface area contributed by atoms with E-state index in [2.05, 4.69) is 43.0 Å². The maximum atomic E-state index is 5.89. The Morgan fingerprint density at radius 1 is 1.26 bits per heavy atom. The second kappa shape index (κ2) is 7.94. The normalized spacial score (nSPS) is 11.3. The summed E-state index contributed by atoms with van der Waals surface area (Å²) in [6, 6.07) is 0. The molecular weight excluding hydrogens is 240 g/mol. The van der Waals surface area contributed by atoms with Crippen LogP contribution in [0.1, 0.15) is 45.6 Å². The van der Waals surface area contributed by atoms with E-state index in [-0.39, 0.29) is 0 Å².